The molecule has 0 bridgehead atoms. The van der Waals surface area contributed by atoms with E-state index < -0.39 is 11.7 Å². The fourth-order valence-corrected chi connectivity index (χ4v) is 3.69. The first-order chi connectivity index (χ1) is 14.8. The zero-order valence-electron chi connectivity index (χ0n) is 16.0. The van der Waals surface area contributed by atoms with Crippen molar-refractivity contribution in [3.05, 3.63) is 59.1 Å². The van der Waals surface area contributed by atoms with Gasteiger partial charge in [0.05, 0.1) is 22.9 Å². The number of benzene rings is 1. The molecule has 0 aliphatic heterocycles. The van der Waals surface area contributed by atoms with Crippen molar-refractivity contribution in [1.29, 1.82) is 0 Å². The van der Waals surface area contributed by atoms with Gasteiger partial charge >= 0.3 is 6.18 Å². The van der Waals surface area contributed by atoms with E-state index in [1.807, 2.05) is 0 Å². The molecule has 1 fully saturated rings. The Kier molecular flexibility index (Phi) is 6.19. The third kappa shape index (κ3) is 5.56. The highest BCUT2D eigenvalue weighted by molar-refractivity contribution is 7.99. The van der Waals surface area contributed by atoms with Crippen molar-refractivity contribution >= 4 is 29.3 Å². The van der Waals surface area contributed by atoms with Crippen LogP contribution < -0.4 is 0 Å². The van der Waals surface area contributed by atoms with Crippen LogP contribution in [-0.2, 0) is 17.5 Å². The number of halogens is 4. The number of rotatable bonds is 7. The third-order valence-electron chi connectivity index (χ3n) is 4.58. The SMILES string of the molecule is O=C(CSc1ccc(C(F)(F)F)cn1)N(Cc1nnc(-c2ccc(Cl)cc2)o1)C1CC1. The predicted molar refractivity (Wildman–Crippen MR) is 108 cm³/mol. The van der Waals surface area contributed by atoms with Crippen molar-refractivity contribution in [3.63, 3.8) is 0 Å². The first kappa shape index (κ1) is 21.6. The molecule has 2 aromatic heterocycles. The maximum absolute atomic E-state index is 12.7. The number of amides is 1. The number of carbonyl (C=O) groups is 1. The van der Waals surface area contributed by atoms with Gasteiger partial charge in [0.25, 0.3) is 0 Å². The molecule has 0 radical (unpaired) electrons. The molecular weight excluding hydrogens is 453 g/mol. The van der Waals surface area contributed by atoms with Crippen LogP contribution in [0.5, 0.6) is 0 Å². The Morgan fingerprint density at radius 3 is 2.52 bits per heavy atom. The molecule has 1 saturated carbocycles. The lowest BCUT2D eigenvalue weighted by atomic mass is 10.2. The van der Waals surface area contributed by atoms with Crippen molar-refractivity contribution in [2.24, 2.45) is 0 Å². The van der Waals surface area contributed by atoms with Crippen LogP contribution in [0.1, 0.15) is 24.3 Å². The van der Waals surface area contributed by atoms with Crippen molar-refractivity contribution in [1.82, 2.24) is 20.1 Å². The Hall–Kier alpha value is -2.59. The summed E-state index contributed by atoms with van der Waals surface area (Å²) in [5, 5.41) is 8.99. The standard InChI is InChI=1S/C20H16ClF3N4O2S/c21-14-4-1-12(2-5-14)19-27-26-16(30-19)10-28(15-6-7-15)18(29)11-31-17-8-3-13(9-25-17)20(22,23)24/h1-5,8-9,15H,6-7,10-11H2. The highest BCUT2D eigenvalue weighted by atomic mass is 35.5. The Morgan fingerprint density at radius 1 is 1.16 bits per heavy atom. The topological polar surface area (TPSA) is 72.1 Å². The van der Waals surface area contributed by atoms with E-state index >= 15 is 0 Å². The van der Waals surface area contributed by atoms with Gasteiger partial charge in [0.2, 0.25) is 17.7 Å². The van der Waals surface area contributed by atoms with Crippen LogP contribution in [0.2, 0.25) is 5.02 Å². The number of pyridine rings is 1. The molecule has 1 aliphatic rings. The van der Waals surface area contributed by atoms with E-state index in [0.29, 0.717) is 21.8 Å². The normalized spacial score (nSPS) is 13.9. The van der Waals surface area contributed by atoms with Crippen LogP contribution in [0.25, 0.3) is 11.5 Å². The number of nitrogens with zero attached hydrogens (tertiary/aromatic N) is 4. The number of hydrogen-bond acceptors (Lipinski definition) is 6. The average Bonchev–Trinajstić information content (AvgIpc) is 3.48. The monoisotopic (exact) mass is 468 g/mol. The molecule has 1 aromatic carbocycles. The van der Waals surface area contributed by atoms with E-state index in [4.69, 9.17) is 16.0 Å². The minimum Gasteiger partial charge on any atom is -0.419 e. The number of hydrogen-bond donors (Lipinski definition) is 0. The molecule has 6 nitrogen and oxygen atoms in total. The molecule has 0 spiro atoms. The van der Waals surface area contributed by atoms with E-state index in [1.54, 1.807) is 29.2 Å². The molecule has 11 heteroatoms. The minimum atomic E-state index is -4.44. The van der Waals surface area contributed by atoms with E-state index in [2.05, 4.69) is 15.2 Å². The molecule has 1 amide bonds. The molecule has 0 atom stereocenters. The first-order valence-corrected chi connectivity index (χ1v) is 10.7. The average molecular weight is 469 g/mol. The van der Waals surface area contributed by atoms with Crippen LogP contribution in [0.15, 0.2) is 52.0 Å². The summed E-state index contributed by atoms with van der Waals surface area (Å²) in [4.78, 5) is 18.2. The summed E-state index contributed by atoms with van der Waals surface area (Å²) in [5.41, 5.74) is -0.105. The van der Waals surface area contributed by atoms with Gasteiger partial charge in [0.1, 0.15) is 0 Å². The molecule has 4 rings (SSSR count). The quantitative estimate of drug-likeness (QED) is 0.450. The largest absolute Gasteiger partial charge is 0.419 e. The summed E-state index contributed by atoms with van der Waals surface area (Å²) in [7, 11) is 0. The summed E-state index contributed by atoms with van der Waals surface area (Å²) in [6, 6.07) is 9.27. The third-order valence-corrected chi connectivity index (χ3v) is 5.76. The lowest BCUT2D eigenvalue weighted by Gasteiger charge is -2.20. The minimum absolute atomic E-state index is 0.0487. The Morgan fingerprint density at radius 2 is 1.90 bits per heavy atom. The highest BCUT2D eigenvalue weighted by Crippen LogP contribution is 2.31. The van der Waals surface area contributed by atoms with Crippen molar-refractivity contribution in [3.8, 4) is 11.5 Å². The van der Waals surface area contributed by atoms with Gasteiger partial charge in [-0.1, -0.05) is 23.4 Å². The zero-order chi connectivity index (χ0) is 22.0. The first-order valence-electron chi connectivity index (χ1n) is 9.33. The van der Waals surface area contributed by atoms with Crippen LogP contribution in [-0.4, -0.2) is 37.8 Å². The molecular formula is C20H16ClF3N4O2S. The number of alkyl halides is 3. The van der Waals surface area contributed by atoms with Gasteiger partial charge in [-0.05, 0) is 49.2 Å². The Balaban J connectivity index is 1.38. The van der Waals surface area contributed by atoms with Gasteiger partial charge in [-0.25, -0.2) is 4.98 Å². The molecule has 162 valence electrons. The maximum Gasteiger partial charge on any atom is 0.417 e. The van der Waals surface area contributed by atoms with E-state index in [9.17, 15) is 18.0 Å². The van der Waals surface area contributed by atoms with Gasteiger partial charge in [0, 0.05) is 22.8 Å². The van der Waals surface area contributed by atoms with E-state index in [-0.39, 0.29) is 24.2 Å². The molecule has 2 heterocycles. The summed E-state index contributed by atoms with van der Waals surface area (Å²) >= 11 is 6.97. The summed E-state index contributed by atoms with van der Waals surface area (Å²) in [6.45, 7) is 0.172. The Bertz CT molecular complexity index is 1050. The van der Waals surface area contributed by atoms with Crippen molar-refractivity contribution in [2.45, 2.75) is 36.6 Å². The number of aromatic nitrogens is 3. The lowest BCUT2D eigenvalue weighted by Crippen LogP contribution is -2.34. The number of carbonyl (C=O) groups excluding carboxylic acids is 1. The summed E-state index contributed by atoms with van der Waals surface area (Å²) in [5.74, 6) is 0.522. The van der Waals surface area contributed by atoms with Crippen LogP contribution in [0.4, 0.5) is 13.2 Å². The van der Waals surface area contributed by atoms with E-state index in [0.717, 1.165) is 42.4 Å². The van der Waals surface area contributed by atoms with Crippen molar-refractivity contribution < 1.29 is 22.4 Å². The van der Waals surface area contributed by atoms with Gasteiger partial charge in [-0.15, -0.1) is 10.2 Å². The van der Waals surface area contributed by atoms with Gasteiger partial charge in [-0.2, -0.15) is 13.2 Å². The second kappa shape index (κ2) is 8.88. The lowest BCUT2D eigenvalue weighted by molar-refractivity contribution is -0.138. The molecule has 0 unspecified atom stereocenters. The molecule has 0 N–H and O–H groups in total. The smallest absolute Gasteiger partial charge is 0.417 e. The maximum atomic E-state index is 12.7. The molecule has 3 aromatic rings. The van der Waals surface area contributed by atoms with Crippen LogP contribution in [0, 0.1) is 0 Å². The highest BCUT2D eigenvalue weighted by Gasteiger charge is 2.34. The summed E-state index contributed by atoms with van der Waals surface area (Å²) < 4.78 is 43.6. The molecule has 31 heavy (non-hydrogen) atoms. The van der Waals surface area contributed by atoms with Crippen molar-refractivity contribution in [2.75, 3.05) is 5.75 Å². The summed E-state index contributed by atoms with van der Waals surface area (Å²) in [6.07, 6.45) is -1.91. The zero-order valence-corrected chi connectivity index (χ0v) is 17.5. The van der Waals surface area contributed by atoms with Gasteiger partial charge in [0.15, 0.2) is 0 Å². The molecule has 0 saturated heterocycles. The van der Waals surface area contributed by atoms with Crippen LogP contribution >= 0.6 is 23.4 Å². The van der Waals surface area contributed by atoms with E-state index in [1.165, 1.54) is 6.07 Å². The second-order valence-electron chi connectivity index (χ2n) is 6.93. The van der Waals surface area contributed by atoms with Gasteiger partial charge in [-0.3, -0.25) is 4.79 Å². The predicted octanol–water partition coefficient (Wildman–Crippen LogP) is 5.09. The number of thioether (sulfide) groups is 1. The fourth-order valence-electron chi connectivity index (χ4n) is 2.83. The fraction of sp³-hybridized carbons (Fsp3) is 0.300. The second-order valence-corrected chi connectivity index (χ2v) is 8.36. The molecule has 1 aliphatic carbocycles. The van der Waals surface area contributed by atoms with Gasteiger partial charge < -0.3 is 9.32 Å². The van der Waals surface area contributed by atoms with Crippen LogP contribution in [0.3, 0.4) is 0 Å². The Labute approximate surface area is 184 Å².